The lowest BCUT2D eigenvalue weighted by atomic mass is 10.1. The molecule has 1 fully saturated rings. The molecule has 0 amide bonds. The molecule has 0 unspecified atom stereocenters. The second-order valence-electron chi connectivity index (χ2n) is 4.14. The summed E-state index contributed by atoms with van der Waals surface area (Å²) in [6.45, 7) is 0.266. The molecule has 18 heavy (non-hydrogen) atoms. The lowest BCUT2D eigenvalue weighted by Gasteiger charge is -2.15. The van der Waals surface area contributed by atoms with Crippen LogP contribution in [0, 0.1) is 5.92 Å². The lowest BCUT2D eigenvalue weighted by molar-refractivity contribution is -0.141. The highest BCUT2D eigenvalue weighted by molar-refractivity contribution is 7.89. The van der Waals surface area contributed by atoms with Crippen LogP contribution in [-0.2, 0) is 14.8 Å². The molecule has 1 aliphatic rings. The van der Waals surface area contributed by atoms with Gasteiger partial charge in [0.2, 0.25) is 10.0 Å². The second-order valence-corrected chi connectivity index (χ2v) is 6.52. The average Bonchev–Trinajstić information content (AvgIpc) is 2.79. The van der Waals surface area contributed by atoms with Crippen LogP contribution in [0.5, 0.6) is 0 Å². The van der Waals surface area contributed by atoms with E-state index in [9.17, 15) is 13.2 Å². The highest BCUT2D eigenvalue weighted by Crippen LogP contribution is 2.25. The Kier molecular flexibility index (Phi) is 3.61. The molecule has 1 aromatic carbocycles. The predicted octanol–water partition coefficient (Wildman–Crippen LogP) is 1.44. The van der Waals surface area contributed by atoms with E-state index in [0.29, 0.717) is 11.4 Å². The molecule has 0 aromatic heterocycles. The standard InChI is InChI=1S/C11H12ClNO4S/c12-9-1-3-10(4-2-9)18(16,17)13-6-5-8(7-13)11(14)15/h1-4,8H,5-7H2,(H,14,15)/t8-/m0/s1. The van der Waals surface area contributed by atoms with Crippen molar-refractivity contribution in [3.8, 4) is 0 Å². The highest BCUT2D eigenvalue weighted by Gasteiger charge is 2.35. The summed E-state index contributed by atoms with van der Waals surface area (Å²) in [5, 5.41) is 9.32. The number of rotatable bonds is 3. The van der Waals surface area contributed by atoms with E-state index in [2.05, 4.69) is 0 Å². The van der Waals surface area contributed by atoms with Crippen molar-refractivity contribution in [3.05, 3.63) is 29.3 Å². The van der Waals surface area contributed by atoms with Crippen LogP contribution < -0.4 is 0 Å². The molecule has 5 nitrogen and oxygen atoms in total. The Labute approximate surface area is 110 Å². The summed E-state index contributed by atoms with van der Waals surface area (Å²) in [4.78, 5) is 11.0. The smallest absolute Gasteiger partial charge is 0.307 e. The molecule has 1 aliphatic heterocycles. The van der Waals surface area contributed by atoms with Crippen LogP contribution in [0.25, 0.3) is 0 Å². The quantitative estimate of drug-likeness (QED) is 0.913. The molecule has 0 saturated carbocycles. The minimum atomic E-state index is -3.61. The fraction of sp³-hybridized carbons (Fsp3) is 0.364. The number of carboxylic acid groups (broad SMARTS) is 1. The molecule has 1 N–H and O–H groups in total. The Balaban J connectivity index is 2.22. The molecule has 1 atom stereocenters. The van der Waals surface area contributed by atoms with Gasteiger partial charge < -0.3 is 5.11 Å². The Morgan fingerprint density at radius 1 is 1.33 bits per heavy atom. The maximum atomic E-state index is 12.2. The van der Waals surface area contributed by atoms with Crippen LogP contribution >= 0.6 is 11.6 Å². The fourth-order valence-corrected chi connectivity index (χ4v) is 3.53. The number of carbonyl (C=O) groups is 1. The van der Waals surface area contributed by atoms with Gasteiger partial charge in [-0.25, -0.2) is 8.42 Å². The van der Waals surface area contributed by atoms with E-state index < -0.39 is 21.9 Å². The van der Waals surface area contributed by atoms with Crippen LogP contribution in [-0.4, -0.2) is 36.9 Å². The molecule has 98 valence electrons. The largest absolute Gasteiger partial charge is 0.481 e. The van der Waals surface area contributed by atoms with Crippen molar-refractivity contribution in [2.45, 2.75) is 11.3 Å². The van der Waals surface area contributed by atoms with E-state index in [1.165, 1.54) is 28.6 Å². The van der Waals surface area contributed by atoms with E-state index in [1.807, 2.05) is 0 Å². The minimum absolute atomic E-state index is 0.0281. The number of sulfonamides is 1. The maximum Gasteiger partial charge on any atom is 0.307 e. The number of carboxylic acids is 1. The molecule has 7 heteroatoms. The zero-order valence-corrected chi connectivity index (χ0v) is 11.0. The summed E-state index contributed by atoms with van der Waals surface area (Å²) < 4.78 is 25.6. The Hall–Kier alpha value is -1.11. The molecular weight excluding hydrogens is 278 g/mol. The minimum Gasteiger partial charge on any atom is -0.481 e. The zero-order chi connectivity index (χ0) is 13.3. The van der Waals surface area contributed by atoms with Crippen molar-refractivity contribution in [3.63, 3.8) is 0 Å². The van der Waals surface area contributed by atoms with E-state index in [0.717, 1.165) is 0 Å². The average molecular weight is 290 g/mol. The number of hydrogen-bond donors (Lipinski definition) is 1. The van der Waals surface area contributed by atoms with Gasteiger partial charge in [-0.15, -0.1) is 0 Å². The van der Waals surface area contributed by atoms with Gasteiger partial charge in [-0.2, -0.15) is 4.31 Å². The van der Waals surface area contributed by atoms with Crippen LogP contribution in [0.4, 0.5) is 0 Å². The first-order valence-corrected chi connectivity index (χ1v) is 7.21. The second kappa shape index (κ2) is 4.87. The molecule has 0 spiro atoms. The number of halogens is 1. The Morgan fingerprint density at radius 2 is 1.94 bits per heavy atom. The van der Waals surface area contributed by atoms with Crippen molar-refractivity contribution in [2.24, 2.45) is 5.92 Å². The van der Waals surface area contributed by atoms with Crippen LogP contribution in [0.3, 0.4) is 0 Å². The summed E-state index contributed by atoms with van der Waals surface area (Å²) in [5.74, 6) is -1.57. The van der Waals surface area contributed by atoms with Crippen molar-refractivity contribution < 1.29 is 18.3 Å². The van der Waals surface area contributed by atoms with E-state index in [4.69, 9.17) is 16.7 Å². The summed E-state index contributed by atoms with van der Waals surface area (Å²) in [7, 11) is -3.61. The first kappa shape index (κ1) is 13.3. The Bertz CT molecular complexity index is 555. The summed E-state index contributed by atoms with van der Waals surface area (Å²) in [6.07, 6.45) is 0.349. The van der Waals surface area contributed by atoms with Gasteiger partial charge in [-0.05, 0) is 30.7 Å². The SMILES string of the molecule is O=C(O)[C@H]1CCN(S(=O)(=O)c2ccc(Cl)cc2)C1. The van der Waals surface area contributed by atoms with Gasteiger partial charge in [0.25, 0.3) is 0 Å². The fourth-order valence-electron chi connectivity index (χ4n) is 1.90. The van der Waals surface area contributed by atoms with E-state index >= 15 is 0 Å². The topological polar surface area (TPSA) is 74.7 Å². The van der Waals surface area contributed by atoms with Gasteiger partial charge in [0.05, 0.1) is 10.8 Å². The van der Waals surface area contributed by atoms with Gasteiger partial charge in [0.15, 0.2) is 0 Å². The van der Waals surface area contributed by atoms with Crippen molar-refractivity contribution >= 4 is 27.6 Å². The molecule has 1 aromatic rings. The van der Waals surface area contributed by atoms with Gasteiger partial charge >= 0.3 is 5.97 Å². The molecule has 0 aliphatic carbocycles. The van der Waals surface area contributed by atoms with Gasteiger partial charge in [-0.3, -0.25) is 4.79 Å². The van der Waals surface area contributed by atoms with Crippen LogP contribution in [0.1, 0.15) is 6.42 Å². The third-order valence-electron chi connectivity index (χ3n) is 2.95. The normalized spacial score (nSPS) is 21.1. The number of hydrogen-bond acceptors (Lipinski definition) is 3. The van der Waals surface area contributed by atoms with Gasteiger partial charge in [-0.1, -0.05) is 11.6 Å². The monoisotopic (exact) mass is 289 g/mol. The zero-order valence-electron chi connectivity index (χ0n) is 9.41. The Morgan fingerprint density at radius 3 is 2.44 bits per heavy atom. The van der Waals surface area contributed by atoms with E-state index in [-0.39, 0.29) is 18.0 Å². The summed E-state index contributed by atoms with van der Waals surface area (Å²) >= 11 is 5.70. The first-order valence-electron chi connectivity index (χ1n) is 5.40. The molecule has 0 radical (unpaired) electrons. The number of aliphatic carboxylic acids is 1. The number of benzene rings is 1. The van der Waals surface area contributed by atoms with Crippen molar-refractivity contribution in [1.82, 2.24) is 4.31 Å². The maximum absolute atomic E-state index is 12.2. The predicted molar refractivity (Wildman–Crippen MR) is 66.0 cm³/mol. The molecule has 1 saturated heterocycles. The number of nitrogens with zero attached hydrogens (tertiary/aromatic N) is 1. The summed E-state index contributed by atoms with van der Waals surface area (Å²) in [6, 6.07) is 5.84. The third kappa shape index (κ3) is 2.50. The summed E-state index contributed by atoms with van der Waals surface area (Å²) in [5.41, 5.74) is 0. The van der Waals surface area contributed by atoms with Crippen LogP contribution in [0.15, 0.2) is 29.2 Å². The first-order chi connectivity index (χ1) is 8.41. The molecule has 2 rings (SSSR count). The lowest BCUT2D eigenvalue weighted by Crippen LogP contribution is -2.30. The van der Waals surface area contributed by atoms with Crippen LogP contribution in [0.2, 0.25) is 5.02 Å². The molecule has 0 bridgehead atoms. The molecular formula is C11H12ClNO4S. The van der Waals surface area contributed by atoms with Crippen molar-refractivity contribution in [2.75, 3.05) is 13.1 Å². The van der Waals surface area contributed by atoms with Crippen molar-refractivity contribution in [1.29, 1.82) is 0 Å². The molecule has 1 heterocycles. The third-order valence-corrected chi connectivity index (χ3v) is 5.08. The van der Waals surface area contributed by atoms with E-state index in [1.54, 1.807) is 0 Å². The van der Waals surface area contributed by atoms with Gasteiger partial charge in [0.1, 0.15) is 0 Å². The van der Waals surface area contributed by atoms with Gasteiger partial charge in [0, 0.05) is 18.1 Å². The highest BCUT2D eigenvalue weighted by atomic mass is 35.5.